The topological polar surface area (TPSA) is 76.1 Å². The number of hydrogen-bond acceptors (Lipinski definition) is 6. The number of carbonyl (C=O) groups is 2. The van der Waals surface area contributed by atoms with E-state index in [0.717, 1.165) is 30.2 Å². The van der Waals surface area contributed by atoms with Gasteiger partial charge < -0.3 is 14.6 Å². The molecule has 1 aliphatic rings. The summed E-state index contributed by atoms with van der Waals surface area (Å²) in [5.74, 6) is -0.474. The molecule has 33 heavy (non-hydrogen) atoms. The summed E-state index contributed by atoms with van der Waals surface area (Å²) in [6.07, 6.45) is 8.89. The van der Waals surface area contributed by atoms with Crippen LogP contribution in [0.4, 0.5) is 0 Å². The molecule has 0 radical (unpaired) electrons. The molecule has 8 heteroatoms. The van der Waals surface area contributed by atoms with Crippen molar-refractivity contribution in [1.82, 2.24) is 4.90 Å². The summed E-state index contributed by atoms with van der Waals surface area (Å²) >= 11 is 6.44. The molecule has 1 fully saturated rings. The minimum Gasteiger partial charge on any atom is -0.493 e. The standard InChI is InChI=1S/C25H35NO5S2/c1-6-7-8-9-10-11-17(4)31-19-13-12-18(14-20(19)30-5)15-21-23(27)26(25(32)33-21)22(16(2)3)24(28)29/h12-17,22H,6-11H2,1-5H3,(H,28,29)/b21-15+/t17-,22-/m1/s1. The van der Waals surface area contributed by atoms with Crippen molar-refractivity contribution in [1.29, 1.82) is 0 Å². The molecule has 0 spiro atoms. The largest absolute Gasteiger partial charge is 0.493 e. The Balaban J connectivity index is 2.11. The first-order valence-electron chi connectivity index (χ1n) is 11.5. The van der Waals surface area contributed by atoms with Gasteiger partial charge in [-0.15, -0.1) is 0 Å². The van der Waals surface area contributed by atoms with Gasteiger partial charge in [-0.3, -0.25) is 9.69 Å². The Hall–Kier alpha value is -2.06. The molecule has 1 aliphatic heterocycles. The van der Waals surface area contributed by atoms with Crippen LogP contribution in [0, 0.1) is 5.92 Å². The number of hydrogen-bond donors (Lipinski definition) is 1. The first-order chi connectivity index (χ1) is 15.7. The molecule has 2 rings (SSSR count). The van der Waals surface area contributed by atoms with E-state index in [1.165, 1.54) is 30.6 Å². The summed E-state index contributed by atoms with van der Waals surface area (Å²) in [5.41, 5.74) is 0.753. The van der Waals surface area contributed by atoms with Crippen LogP contribution >= 0.6 is 24.0 Å². The number of ether oxygens (including phenoxy) is 2. The van der Waals surface area contributed by atoms with E-state index in [0.29, 0.717) is 16.4 Å². The molecule has 0 aliphatic carbocycles. The molecule has 1 heterocycles. The van der Waals surface area contributed by atoms with E-state index in [2.05, 4.69) is 13.8 Å². The van der Waals surface area contributed by atoms with Gasteiger partial charge >= 0.3 is 5.97 Å². The lowest BCUT2D eigenvalue weighted by Crippen LogP contribution is -2.47. The monoisotopic (exact) mass is 493 g/mol. The first-order valence-corrected chi connectivity index (χ1v) is 12.8. The number of benzene rings is 1. The van der Waals surface area contributed by atoms with E-state index < -0.39 is 12.0 Å². The van der Waals surface area contributed by atoms with Gasteiger partial charge in [-0.25, -0.2) is 4.79 Å². The molecule has 0 aromatic heterocycles. The second kappa shape index (κ2) is 13.0. The van der Waals surface area contributed by atoms with E-state index >= 15 is 0 Å². The second-order valence-corrected chi connectivity index (χ2v) is 10.3. The minimum atomic E-state index is -1.06. The van der Waals surface area contributed by atoms with E-state index in [1.807, 2.05) is 18.2 Å². The molecular formula is C25H35NO5S2. The Kier molecular flexibility index (Phi) is 10.7. The van der Waals surface area contributed by atoms with Crippen molar-refractivity contribution in [3.05, 3.63) is 28.7 Å². The van der Waals surface area contributed by atoms with Crippen molar-refractivity contribution in [2.24, 2.45) is 5.92 Å². The van der Waals surface area contributed by atoms with Crippen LogP contribution in [-0.2, 0) is 9.59 Å². The van der Waals surface area contributed by atoms with Crippen LogP contribution < -0.4 is 9.47 Å². The van der Waals surface area contributed by atoms with Crippen molar-refractivity contribution in [3.8, 4) is 11.5 Å². The highest BCUT2D eigenvalue weighted by atomic mass is 32.2. The number of aliphatic carboxylic acids is 1. The molecule has 1 saturated heterocycles. The van der Waals surface area contributed by atoms with Gasteiger partial charge in [0.2, 0.25) is 0 Å². The Bertz CT molecular complexity index is 884. The SMILES string of the molecule is CCCCCCC[C@@H](C)Oc1ccc(/C=C2/SC(=S)N([C@@H](C(=O)O)C(C)C)C2=O)cc1OC. The average molecular weight is 494 g/mol. The van der Waals surface area contributed by atoms with Crippen molar-refractivity contribution in [2.45, 2.75) is 78.4 Å². The van der Waals surface area contributed by atoms with Crippen LogP contribution in [0.25, 0.3) is 6.08 Å². The maximum atomic E-state index is 12.9. The van der Waals surface area contributed by atoms with Gasteiger partial charge in [-0.2, -0.15) is 0 Å². The quantitative estimate of drug-likeness (QED) is 0.201. The molecule has 0 saturated carbocycles. The second-order valence-electron chi connectivity index (χ2n) is 8.62. The zero-order chi connectivity index (χ0) is 24.5. The Labute approximate surface area is 206 Å². The number of methoxy groups -OCH3 is 1. The highest BCUT2D eigenvalue weighted by molar-refractivity contribution is 8.26. The highest BCUT2D eigenvalue weighted by Crippen LogP contribution is 2.37. The summed E-state index contributed by atoms with van der Waals surface area (Å²) in [6.45, 7) is 7.79. The Morgan fingerprint density at radius 1 is 1.18 bits per heavy atom. The maximum absolute atomic E-state index is 12.9. The lowest BCUT2D eigenvalue weighted by atomic mass is 10.0. The normalized spacial score (nSPS) is 17.0. The molecule has 1 aromatic rings. The molecule has 0 bridgehead atoms. The number of nitrogens with zero attached hydrogens (tertiary/aromatic N) is 1. The van der Waals surface area contributed by atoms with Crippen LogP contribution in [0.3, 0.4) is 0 Å². The summed E-state index contributed by atoms with van der Waals surface area (Å²) in [4.78, 5) is 26.2. The van der Waals surface area contributed by atoms with E-state index in [1.54, 1.807) is 27.0 Å². The van der Waals surface area contributed by atoms with E-state index in [-0.39, 0.29) is 22.2 Å². The number of amides is 1. The maximum Gasteiger partial charge on any atom is 0.327 e. The van der Waals surface area contributed by atoms with E-state index in [9.17, 15) is 14.7 Å². The van der Waals surface area contributed by atoms with Gasteiger partial charge in [0.15, 0.2) is 11.5 Å². The fourth-order valence-electron chi connectivity index (χ4n) is 3.75. The Morgan fingerprint density at radius 2 is 1.88 bits per heavy atom. The smallest absolute Gasteiger partial charge is 0.327 e. The van der Waals surface area contributed by atoms with Crippen molar-refractivity contribution in [3.63, 3.8) is 0 Å². The third kappa shape index (κ3) is 7.47. The molecule has 2 atom stereocenters. The number of unbranched alkanes of at least 4 members (excludes halogenated alkanes) is 4. The molecule has 1 N–H and O–H groups in total. The number of carboxylic acids is 1. The lowest BCUT2D eigenvalue weighted by Gasteiger charge is -2.26. The highest BCUT2D eigenvalue weighted by Gasteiger charge is 2.41. The number of carbonyl (C=O) groups excluding carboxylic acids is 1. The Morgan fingerprint density at radius 3 is 2.48 bits per heavy atom. The zero-order valence-corrected chi connectivity index (χ0v) is 21.8. The summed E-state index contributed by atoms with van der Waals surface area (Å²) in [5, 5.41) is 9.57. The number of thioether (sulfide) groups is 1. The molecule has 0 unspecified atom stereocenters. The van der Waals surface area contributed by atoms with Crippen molar-refractivity contribution >= 4 is 46.3 Å². The zero-order valence-electron chi connectivity index (χ0n) is 20.1. The van der Waals surface area contributed by atoms with Crippen LogP contribution in [-0.4, -0.2) is 45.5 Å². The van der Waals surface area contributed by atoms with Crippen LogP contribution in [0.15, 0.2) is 23.1 Å². The van der Waals surface area contributed by atoms with Crippen molar-refractivity contribution < 1.29 is 24.2 Å². The predicted octanol–water partition coefficient (Wildman–Crippen LogP) is 6.13. The lowest BCUT2D eigenvalue weighted by molar-refractivity contribution is -0.146. The predicted molar refractivity (Wildman–Crippen MR) is 138 cm³/mol. The van der Waals surface area contributed by atoms with Gasteiger partial charge in [0.1, 0.15) is 10.4 Å². The third-order valence-electron chi connectivity index (χ3n) is 5.51. The molecule has 1 aromatic carbocycles. The molecular weight excluding hydrogens is 458 g/mol. The van der Waals surface area contributed by atoms with Crippen LogP contribution in [0.5, 0.6) is 11.5 Å². The molecule has 1 amide bonds. The molecule has 182 valence electrons. The fourth-order valence-corrected chi connectivity index (χ4v) is 5.08. The average Bonchev–Trinajstić information content (AvgIpc) is 3.02. The van der Waals surface area contributed by atoms with Gasteiger partial charge in [-0.05, 0) is 49.5 Å². The van der Waals surface area contributed by atoms with Crippen LogP contribution in [0.2, 0.25) is 0 Å². The third-order valence-corrected chi connectivity index (χ3v) is 6.84. The van der Waals surface area contributed by atoms with E-state index in [4.69, 9.17) is 21.7 Å². The fraction of sp³-hybridized carbons (Fsp3) is 0.560. The number of rotatable bonds is 13. The molecule has 6 nitrogen and oxygen atoms in total. The summed E-state index contributed by atoms with van der Waals surface area (Å²) in [7, 11) is 1.58. The van der Waals surface area contributed by atoms with Gasteiger partial charge in [0.25, 0.3) is 5.91 Å². The summed E-state index contributed by atoms with van der Waals surface area (Å²) in [6, 6.07) is 4.52. The van der Waals surface area contributed by atoms with Gasteiger partial charge in [-0.1, -0.05) is 76.5 Å². The number of thiocarbonyl (C=S) groups is 1. The van der Waals surface area contributed by atoms with Gasteiger partial charge in [0, 0.05) is 0 Å². The first kappa shape index (κ1) is 27.2. The van der Waals surface area contributed by atoms with Crippen molar-refractivity contribution in [2.75, 3.05) is 7.11 Å². The number of carboxylic acid groups (broad SMARTS) is 1. The van der Waals surface area contributed by atoms with Gasteiger partial charge in [0.05, 0.1) is 18.1 Å². The summed E-state index contributed by atoms with van der Waals surface area (Å²) < 4.78 is 11.9. The minimum absolute atomic E-state index is 0.0756. The van der Waals surface area contributed by atoms with Crippen LogP contribution in [0.1, 0.15) is 71.8 Å².